The zero-order chi connectivity index (χ0) is 10.6. The Balaban J connectivity index is 3.03. The lowest BCUT2D eigenvalue weighted by Gasteiger charge is -2.06. The lowest BCUT2D eigenvalue weighted by atomic mass is 10.2. The molecule has 76 valence electrons. The van der Waals surface area contributed by atoms with Crippen LogP contribution in [0, 0.1) is 3.57 Å². The molecule has 1 aromatic carbocycles. The maximum atomic E-state index is 11.5. The number of hydrogen-bond acceptors (Lipinski definition) is 3. The van der Waals surface area contributed by atoms with E-state index in [4.69, 9.17) is 4.74 Å². The topological polar surface area (TPSA) is 26.3 Å². The largest absolute Gasteiger partial charge is 0.462 e. The molecule has 0 unspecified atom stereocenters. The molecular weight excluding hydrogens is 311 g/mol. The average Bonchev–Trinajstić information content (AvgIpc) is 2.18. The first-order chi connectivity index (χ1) is 6.70. The summed E-state index contributed by atoms with van der Waals surface area (Å²) < 4.78 is 5.92. The van der Waals surface area contributed by atoms with E-state index in [1.807, 2.05) is 25.3 Å². The van der Waals surface area contributed by atoms with Gasteiger partial charge in [-0.15, -0.1) is 11.8 Å². The summed E-state index contributed by atoms with van der Waals surface area (Å²) in [6, 6.07) is 5.66. The van der Waals surface area contributed by atoms with E-state index in [9.17, 15) is 4.79 Å². The van der Waals surface area contributed by atoms with E-state index in [-0.39, 0.29) is 5.97 Å². The number of carbonyl (C=O) groups is 1. The summed E-state index contributed by atoms with van der Waals surface area (Å²) in [6.45, 7) is 2.22. The van der Waals surface area contributed by atoms with Crippen molar-refractivity contribution in [2.24, 2.45) is 0 Å². The van der Waals surface area contributed by atoms with Gasteiger partial charge in [-0.2, -0.15) is 0 Å². The van der Waals surface area contributed by atoms with E-state index in [0.29, 0.717) is 12.2 Å². The lowest BCUT2D eigenvalue weighted by molar-refractivity contribution is 0.0525. The maximum absolute atomic E-state index is 11.5. The highest BCUT2D eigenvalue weighted by Crippen LogP contribution is 2.25. The minimum atomic E-state index is -0.243. The third-order valence-corrected chi connectivity index (χ3v) is 3.99. The molecule has 14 heavy (non-hydrogen) atoms. The second kappa shape index (κ2) is 5.60. The van der Waals surface area contributed by atoms with Crippen molar-refractivity contribution in [3.05, 3.63) is 27.3 Å². The van der Waals surface area contributed by atoms with Crippen LogP contribution in [0.15, 0.2) is 23.1 Å². The van der Waals surface area contributed by atoms with Gasteiger partial charge in [-0.3, -0.25) is 0 Å². The fourth-order valence-electron chi connectivity index (χ4n) is 1.03. The molecule has 0 aliphatic heterocycles. The summed E-state index contributed by atoms with van der Waals surface area (Å²) in [6.07, 6.45) is 1.99. The van der Waals surface area contributed by atoms with Crippen LogP contribution < -0.4 is 0 Å². The van der Waals surface area contributed by atoms with Crippen LogP contribution in [-0.2, 0) is 4.74 Å². The van der Waals surface area contributed by atoms with Gasteiger partial charge in [0.25, 0.3) is 0 Å². The molecule has 1 rings (SSSR count). The molecule has 0 N–H and O–H groups in total. The van der Waals surface area contributed by atoms with Gasteiger partial charge in [-0.1, -0.05) is 6.07 Å². The number of hydrogen-bond donors (Lipinski definition) is 0. The van der Waals surface area contributed by atoms with E-state index < -0.39 is 0 Å². The molecule has 0 atom stereocenters. The highest BCUT2D eigenvalue weighted by Gasteiger charge is 2.12. The molecule has 2 nitrogen and oxygen atoms in total. The van der Waals surface area contributed by atoms with Crippen LogP contribution >= 0.6 is 34.4 Å². The fourth-order valence-corrected chi connectivity index (χ4v) is 2.78. The Morgan fingerprint density at radius 2 is 2.29 bits per heavy atom. The number of rotatable bonds is 3. The molecule has 0 aromatic heterocycles. The van der Waals surface area contributed by atoms with Gasteiger partial charge in [0.2, 0.25) is 0 Å². The van der Waals surface area contributed by atoms with E-state index in [1.165, 1.54) is 0 Å². The van der Waals surface area contributed by atoms with Gasteiger partial charge in [0.15, 0.2) is 0 Å². The normalized spacial score (nSPS) is 9.93. The third-order valence-electron chi connectivity index (χ3n) is 1.68. The van der Waals surface area contributed by atoms with Crippen LogP contribution in [0.3, 0.4) is 0 Å². The van der Waals surface area contributed by atoms with Gasteiger partial charge in [0, 0.05) is 8.47 Å². The van der Waals surface area contributed by atoms with E-state index >= 15 is 0 Å². The molecule has 0 aliphatic carbocycles. The molecule has 0 saturated heterocycles. The summed E-state index contributed by atoms with van der Waals surface area (Å²) in [5, 5.41) is 0. The highest BCUT2D eigenvalue weighted by atomic mass is 127. The van der Waals surface area contributed by atoms with Crippen molar-refractivity contribution in [2.45, 2.75) is 11.8 Å². The first-order valence-electron chi connectivity index (χ1n) is 4.20. The summed E-state index contributed by atoms with van der Waals surface area (Å²) in [5.74, 6) is -0.243. The monoisotopic (exact) mass is 322 g/mol. The lowest BCUT2D eigenvalue weighted by Crippen LogP contribution is -2.07. The van der Waals surface area contributed by atoms with Crippen molar-refractivity contribution >= 4 is 40.3 Å². The van der Waals surface area contributed by atoms with Crippen LogP contribution in [0.2, 0.25) is 0 Å². The fraction of sp³-hybridized carbons (Fsp3) is 0.300. The number of esters is 1. The van der Waals surface area contributed by atoms with Crippen LogP contribution in [0.4, 0.5) is 0 Å². The van der Waals surface area contributed by atoms with Crippen LogP contribution in [-0.4, -0.2) is 18.8 Å². The molecule has 0 fully saturated rings. The van der Waals surface area contributed by atoms with E-state index in [2.05, 4.69) is 22.6 Å². The summed E-state index contributed by atoms with van der Waals surface area (Å²) in [5.41, 5.74) is 0.652. The Hall–Kier alpha value is -0.230. The van der Waals surface area contributed by atoms with E-state index in [1.54, 1.807) is 17.8 Å². The third kappa shape index (κ3) is 2.63. The molecule has 0 heterocycles. The van der Waals surface area contributed by atoms with Crippen molar-refractivity contribution in [2.75, 3.05) is 12.9 Å². The van der Waals surface area contributed by atoms with Gasteiger partial charge in [-0.05, 0) is 47.9 Å². The van der Waals surface area contributed by atoms with Crippen molar-refractivity contribution in [3.63, 3.8) is 0 Å². The Kier molecular flexibility index (Phi) is 4.74. The second-order valence-corrected chi connectivity index (χ2v) is 4.47. The molecule has 0 saturated carbocycles. The molecule has 4 heteroatoms. The highest BCUT2D eigenvalue weighted by molar-refractivity contribution is 14.1. The number of carbonyl (C=O) groups excluding carboxylic acids is 1. The molecule has 0 radical (unpaired) electrons. The number of ether oxygens (including phenoxy) is 1. The summed E-state index contributed by atoms with van der Waals surface area (Å²) in [4.78, 5) is 12.6. The first-order valence-corrected chi connectivity index (χ1v) is 6.50. The standard InChI is InChI=1S/C10H11IO2S/c1-3-13-10(12)7-5-4-6-8(14-2)9(7)11/h4-6H,3H2,1-2H3. The Bertz CT molecular complexity index is 339. The second-order valence-electron chi connectivity index (χ2n) is 2.54. The predicted molar refractivity (Wildman–Crippen MR) is 66.9 cm³/mol. The Morgan fingerprint density at radius 3 is 2.86 bits per heavy atom. The Labute approximate surface area is 102 Å². The summed E-state index contributed by atoms with van der Waals surface area (Å²) >= 11 is 3.80. The van der Waals surface area contributed by atoms with Crippen molar-refractivity contribution in [3.8, 4) is 0 Å². The molecular formula is C10H11IO2S. The minimum absolute atomic E-state index is 0.243. The molecule has 0 aliphatic rings. The molecule has 0 spiro atoms. The van der Waals surface area contributed by atoms with Crippen molar-refractivity contribution in [1.29, 1.82) is 0 Å². The molecule has 0 amide bonds. The smallest absolute Gasteiger partial charge is 0.339 e. The number of halogens is 1. The van der Waals surface area contributed by atoms with Crippen molar-refractivity contribution in [1.82, 2.24) is 0 Å². The Morgan fingerprint density at radius 1 is 1.57 bits per heavy atom. The van der Waals surface area contributed by atoms with Crippen LogP contribution in [0.1, 0.15) is 17.3 Å². The van der Waals surface area contributed by atoms with Gasteiger partial charge >= 0.3 is 5.97 Å². The van der Waals surface area contributed by atoms with Gasteiger partial charge < -0.3 is 4.74 Å². The quantitative estimate of drug-likeness (QED) is 0.486. The van der Waals surface area contributed by atoms with Gasteiger partial charge in [0.05, 0.1) is 12.2 Å². The van der Waals surface area contributed by atoms with Crippen LogP contribution in [0.25, 0.3) is 0 Å². The summed E-state index contributed by atoms with van der Waals surface area (Å²) in [7, 11) is 0. The first kappa shape index (κ1) is 11.8. The van der Waals surface area contributed by atoms with E-state index in [0.717, 1.165) is 8.47 Å². The van der Waals surface area contributed by atoms with Gasteiger partial charge in [-0.25, -0.2) is 4.79 Å². The van der Waals surface area contributed by atoms with Crippen LogP contribution in [0.5, 0.6) is 0 Å². The van der Waals surface area contributed by atoms with Gasteiger partial charge in [0.1, 0.15) is 0 Å². The number of benzene rings is 1. The zero-order valence-corrected chi connectivity index (χ0v) is 11.0. The molecule has 0 bridgehead atoms. The average molecular weight is 322 g/mol. The molecule has 1 aromatic rings. The SMILES string of the molecule is CCOC(=O)c1cccc(SC)c1I. The maximum Gasteiger partial charge on any atom is 0.339 e. The zero-order valence-electron chi connectivity index (χ0n) is 8.04. The van der Waals surface area contributed by atoms with Crippen molar-refractivity contribution < 1.29 is 9.53 Å². The minimum Gasteiger partial charge on any atom is -0.462 e. The predicted octanol–water partition coefficient (Wildman–Crippen LogP) is 3.19. The number of thioether (sulfide) groups is 1.